The van der Waals surface area contributed by atoms with Gasteiger partial charge in [0.05, 0.1) is 6.10 Å². The Morgan fingerprint density at radius 2 is 1.84 bits per heavy atom. The summed E-state index contributed by atoms with van der Waals surface area (Å²) in [7, 11) is 0. The Bertz CT molecular complexity index is 400. The number of aliphatic hydroxyl groups excluding tert-OH is 1. The van der Waals surface area contributed by atoms with Crippen LogP contribution in [0.2, 0.25) is 0 Å². The smallest absolute Gasteiger partial charge is 0.393 e. The number of hydrogen-bond acceptors (Lipinski definition) is 4. The highest BCUT2D eigenvalue weighted by Gasteiger charge is 2.32. The molecule has 106 valence electrons. The van der Waals surface area contributed by atoms with Gasteiger partial charge in [-0.3, -0.25) is 0 Å². The van der Waals surface area contributed by atoms with Crippen molar-refractivity contribution in [1.82, 2.24) is 10.2 Å². The van der Waals surface area contributed by atoms with Crippen molar-refractivity contribution in [3.63, 3.8) is 0 Å². The van der Waals surface area contributed by atoms with Gasteiger partial charge in [-0.05, 0) is 43.7 Å². The lowest BCUT2D eigenvalue weighted by Crippen LogP contribution is -2.24. The predicted octanol–water partition coefficient (Wildman–Crippen LogP) is 2.46. The number of nitrogens with zero attached hydrogens (tertiary/aromatic N) is 2. The van der Waals surface area contributed by atoms with Crippen LogP contribution >= 0.6 is 0 Å². The SMILES string of the molecule is OC1CCC(CNc2ccc(C(F)(F)F)nn2)CC1. The van der Waals surface area contributed by atoms with Crippen LogP contribution in [0.25, 0.3) is 0 Å². The first-order valence-corrected chi connectivity index (χ1v) is 6.28. The molecule has 0 radical (unpaired) electrons. The van der Waals surface area contributed by atoms with Crippen LogP contribution < -0.4 is 5.32 Å². The molecule has 0 aliphatic heterocycles. The number of nitrogens with one attached hydrogen (secondary N) is 1. The van der Waals surface area contributed by atoms with Crippen molar-refractivity contribution < 1.29 is 18.3 Å². The molecule has 1 heterocycles. The fraction of sp³-hybridized carbons (Fsp3) is 0.667. The quantitative estimate of drug-likeness (QED) is 0.889. The number of anilines is 1. The molecular formula is C12H16F3N3O. The fourth-order valence-corrected chi connectivity index (χ4v) is 2.18. The zero-order valence-corrected chi connectivity index (χ0v) is 10.3. The second-order valence-corrected chi connectivity index (χ2v) is 4.86. The van der Waals surface area contributed by atoms with Crippen molar-refractivity contribution in [3.05, 3.63) is 17.8 Å². The van der Waals surface area contributed by atoms with E-state index in [1.54, 1.807) is 0 Å². The maximum absolute atomic E-state index is 12.3. The van der Waals surface area contributed by atoms with Crippen LogP contribution in [0.1, 0.15) is 31.4 Å². The molecule has 0 amide bonds. The lowest BCUT2D eigenvalue weighted by molar-refractivity contribution is -0.141. The van der Waals surface area contributed by atoms with Gasteiger partial charge in [0, 0.05) is 6.54 Å². The van der Waals surface area contributed by atoms with Crippen LogP contribution in [-0.2, 0) is 6.18 Å². The second-order valence-electron chi connectivity index (χ2n) is 4.86. The molecule has 1 aliphatic rings. The number of hydrogen-bond donors (Lipinski definition) is 2. The summed E-state index contributed by atoms with van der Waals surface area (Å²) in [5.41, 5.74) is -0.987. The number of rotatable bonds is 3. The molecule has 2 rings (SSSR count). The van der Waals surface area contributed by atoms with Gasteiger partial charge in [0.1, 0.15) is 5.82 Å². The molecule has 4 nitrogen and oxygen atoms in total. The van der Waals surface area contributed by atoms with Crippen LogP contribution in [0, 0.1) is 5.92 Å². The average Bonchev–Trinajstić information content (AvgIpc) is 2.37. The van der Waals surface area contributed by atoms with Crippen LogP contribution in [0.3, 0.4) is 0 Å². The molecule has 0 unspecified atom stereocenters. The van der Waals surface area contributed by atoms with E-state index in [1.807, 2.05) is 0 Å². The first-order chi connectivity index (χ1) is 8.95. The van der Waals surface area contributed by atoms with Gasteiger partial charge in [0.15, 0.2) is 5.69 Å². The normalized spacial score (nSPS) is 24.2. The summed E-state index contributed by atoms with van der Waals surface area (Å²) in [4.78, 5) is 0. The molecule has 0 atom stereocenters. The van der Waals surface area contributed by atoms with Crippen molar-refractivity contribution in [2.45, 2.75) is 38.0 Å². The van der Waals surface area contributed by atoms with Gasteiger partial charge in [0.2, 0.25) is 0 Å². The van der Waals surface area contributed by atoms with Crippen molar-refractivity contribution >= 4 is 5.82 Å². The van der Waals surface area contributed by atoms with E-state index >= 15 is 0 Å². The minimum Gasteiger partial charge on any atom is -0.393 e. The monoisotopic (exact) mass is 275 g/mol. The van der Waals surface area contributed by atoms with E-state index in [4.69, 9.17) is 0 Å². The van der Waals surface area contributed by atoms with Gasteiger partial charge < -0.3 is 10.4 Å². The minimum atomic E-state index is -4.45. The van der Waals surface area contributed by atoms with Gasteiger partial charge >= 0.3 is 6.18 Å². The number of alkyl halides is 3. The largest absolute Gasteiger partial charge is 0.435 e. The Morgan fingerprint density at radius 3 is 2.37 bits per heavy atom. The summed E-state index contributed by atoms with van der Waals surface area (Å²) < 4.78 is 36.9. The van der Waals surface area contributed by atoms with E-state index in [0.29, 0.717) is 18.3 Å². The summed E-state index contributed by atoms with van der Waals surface area (Å²) >= 11 is 0. The molecule has 7 heteroatoms. The standard InChI is InChI=1S/C12H16F3N3O/c13-12(14,15)10-5-6-11(18-17-10)16-7-8-1-3-9(19)4-2-8/h5-6,8-9,19H,1-4,7H2,(H,16,18). The summed E-state index contributed by atoms with van der Waals surface area (Å²) in [6.45, 7) is 0.646. The van der Waals surface area contributed by atoms with E-state index in [1.165, 1.54) is 6.07 Å². The van der Waals surface area contributed by atoms with Crippen LogP contribution in [0.5, 0.6) is 0 Å². The third-order valence-corrected chi connectivity index (χ3v) is 3.34. The molecular weight excluding hydrogens is 259 g/mol. The molecule has 0 bridgehead atoms. The van der Waals surface area contributed by atoms with Crippen molar-refractivity contribution in [2.75, 3.05) is 11.9 Å². The Morgan fingerprint density at radius 1 is 1.16 bits per heavy atom. The molecule has 1 aromatic heterocycles. The highest BCUT2D eigenvalue weighted by molar-refractivity contribution is 5.33. The third-order valence-electron chi connectivity index (χ3n) is 3.34. The molecule has 1 fully saturated rings. The van der Waals surface area contributed by atoms with Crippen LogP contribution in [-0.4, -0.2) is 28.0 Å². The lowest BCUT2D eigenvalue weighted by Gasteiger charge is -2.25. The predicted molar refractivity (Wildman–Crippen MR) is 63.5 cm³/mol. The van der Waals surface area contributed by atoms with Crippen molar-refractivity contribution in [2.24, 2.45) is 5.92 Å². The van der Waals surface area contributed by atoms with Crippen LogP contribution in [0.15, 0.2) is 12.1 Å². The van der Waals surface area contributed by atoms with Crippen molar-refractivity contribution in [3.8, 4) is 0 Å². The zero-order valence-electron chi connectivity index (χ0n) is 10.3. The number of aliphatic hydroxyl groups is 1. The maximum Gasteiger partial charge on any atom is 0.435 e. The molecule has 1 aromatic rings. The van der Waals surface area contributed by atoms with Gasteiger partial charge in [0.25, 0.3) is 0 Å². The minimum absolute atomic E-state index is 0.206. The Labute approximate surface area is 109 Å². The van der Waals surface area contributed by atoms with Gasteiger partial charge in [-0.15, -0.1) is 10.2 Å². The maximum atomic E-state index is 12.3. The molecule has 0 aromatic carbocycles. The summed E-state index contributed by atoms with van der Waals surface area (Å²) in [5, 5.41) is 19.0. The highest BCUT2D eigenvalue weighted by Crippen LogP contribution is 2.27. The van der Waals surface area contributed by atoms with Gasteiger partial charge in [-0.25, -0.2) is 0 Å². The van der Waals surface area contributed by atoms with Crippen LogP contribution in [0.4, 0.5) is 19.0 Å². The fourth-order valence-electron chi connectivity index (χ4n) is 2.18. The van der Waals surface area contributed by atoms with E-state index in [0.717, 1.165) is 31.7 Å². The van der Waals surface area contributed by atoms with E-state index in [2.05, 4.69) is 15.5 Å². The Hall–Kier alpha value is -1.37. The first-order valence-electron chi connectivity index (χ1n) is 6.28. The number of aromatic nitrogens is 2. The van der Waals surface area contributed by atoms with E-state index in [-0.39, 0.29) is 6.10 Å². The molecule has 1 saturated carbocycles. The van der Waals surface area contributed by atoms with E-state index in [9.17, 15) is 18.3 Å². The topological polar surface area (TPSA) is 58.0 Å². The molecule has 19 heavy (non-hydrogen) atoms. The first kappa shape index (κ1) is 14.0. The average molecular weight is 275 g/mol. The second kappa shape index (κ2) is 5.73. The van der Waals surface area contributed by atoms with Gasteiger partial charge in [-0.2, -0.15) is 13.2 Å². The lowest BCUT2D eigenvalue weighted by atomic mass is 9.87. The number of halogens is 3. The zero-order chi connectivity index (χ0) is 13.9. The van der Waals surface area contributed by atoms with Crippen molar-refractivity contribution in [1.29, 1.82) is 0 Å². The molecule has 0 saturated heterocycles. The molecule has 0 spiro atoms. The molecule has 1 aliphatic carbocycles. The Kier molecular flexibility index (Phi) is 4.24. The summed E-state index contributed by atoms with van der Waals surface area (Å²) in [5.74, 6) is 0.770. The summed E-state index contributed by atoms with van der Waals surface area (Å²) in [6.07, 6.45) is -1.26. The molecule has 2 N–H and O–H groups in total. The Balaban J connectivity index is 1.83. The summed E-state index contributed by atoms with van der Waals surface area (Å²) in [6, 6.07) is 2.20. The van der Waals surface area contributed by atoms with E-state index < -0.39 is 11.9 Å². The third kappa shape index (κ3) is 4.05. The highest BCUT2D eigenvalue weighted by atomic mass is 19.4. The van der Waals surface area contributed by atoms with Gasteiger partial charge in [-0.1, -0.05) is 0 Å².